The molecule has 0 bridgehead atoms. The zero-order valence-electron chi connectivity index (χ0n) is 16.8. The summed E-state index contributed by atoms with van der Waals surface area (Å²) in [7, 11) is -4.21. The Morgan fingerprint density at radius 3 is 2.07 bits per heavy atom. The molecule has 0 fully saturated rings. The predicted molar refractivity (Wildman–Crippen MR) is 111 cm³/mol. The number of alkyl carbamates (subject to hydrolysis) is 1. The molecule has 2 rings (SSSR count). The van der Waals surface area contributed by atoms with E-state index in [-0.39, 0.29) is 19.8 Å². The number of hydrogen-bond acceptors (Lipinski definition) is 7. The molecule has 0 heterocycles. The van der Waals surface area contributed by atoms with Gasteiger partial charge in [-0.15, -0.1) is 0 Å². The summed E-state index contributed by atoms with van der Waals surface area (Å²) < 4.78 is 28.9. The lowest BCUT2D eigenvalue weighted by atomic mass is 10.1. The molecule has 1 N–H and O–H groups in total. The highest BCUT2D eigenvalue weighted by molar-refractivity contribution is 7.54. The second kappa shape index (κ2) is 11.4. The second-order valence-electron chi connectivity index (χ2n) is 6.17. The van der Waals surface area contributed by atoms with Gasteiger partial charge in [-0.3, -0.25) is 14.7 Å². The van der Waals surface area contributed by atoms with Gasteiger partial charge in [-0.25, -0.2) is 4.79 Å². The van der Waals surface area contributed by atoms with Crippen LogP contribution >= 0.6 is 7.60 Å². The Bertz CT molecular complexity index is 854. The molecule has 30 heavy (non-hydrogen) atoms. The molecule has 0 aliphatic heterocycles. The molecule has 2 aromatic carbocycles. The molecule has 0 aliphatic carbocycles. The van der Waals surface area contributed by atoms with E-state index in [1.807, 2.05) is 6.07 Å². The van der Waals surface area contributed by atoms with Crippen molar-refractivity contribution in [2.24, 2.45) is 0 Å². The molecule has 2 aromatic rings. The van der Waals surface area contributed by atoms with E-state index < -0.39 is 30.4 Å². The van der Waals surface area contributed by atoms with Crippen LogP contribution in [0, 0.1) is 10.1 Å². The van der Waals surface area contributed by atoms with Crippen LogP contribution in [0.3, 0.4) is 0 Å². The van der Waals surface area contributed by atoms with E-state index in [1.54, 1.807) is 68.4 Å². The summed E-state index contributed by atoms with van der Waals surface area (Å²) in [4.78, 5) is 23.6. The van der Waals surface area contributed by atoms with E-state index in [2.05, 4.69) is 5.32 Å². The maximum absolute atomic E-state index is 13.3. The van der Waals surface area contributed by atoms with Gasteiger partial charge in [0.1, 0.15) is 12.6 Å². The molecule has 0 radical (unpaired) electrons. The molecule has 0 spiro atoms. The van der Waals surface area contributed by atoms with Crippen LogP contribution in [0.2, 0.25) is 0 Å². The van der Waals surface area contributed by atoms with E-state index in [1.165, 1.54) is 0 Å². The lowest BCUT2D eigenvalue weighted by molar-refractivity contribution is -0.506. The van der Waals surface area contributed by atoms with Crippen molar-refractivity contribution in [2.75, 3.05) is 13.2 Å². The van der Waals surface area contributed by atoms with Gasteiger partial charge in [-0.2, -0.15) is 0 Å². The van der Waals surface area contributed by atoms with Crippen LogP contribution in [0.4, 0.5) is 4.79 Å². The van der Waals surface area contributed by atoms with Crippen LogP contribution in [0.25, 0.3) is 0 Å². The smallest absolute Gasteiger partial charge is 0.408 e. The predicted octanol–water partition coefficient (Wildman–Crippen LogP) is 4.52. The highest BCUT2D eigenvalue weighted by Gasteiger charge is 2.52. The van der Waals surface area contributed by atoms with Crippen molar-refractivity contribution < 1.29 is 28.1 Å². The van der Waals surface area contributed by atoms with Gasteiger partial charge in [-0.1, -0.05) is 60.7 Å². The number of ether oxygens (including phenoxy) is 1. The first-order chi connectivity index (χ1) is 14.4. The van der Waals surface area contributed by atoms with E-state index >= 15 is 0 Å². The van der Waals surface area contributed by atoms with Crippen molar-refractivity contribution >= 4 is 13.7 Å². The third-order valence-corrected chi connectivity index (χ3v) is 6.47. The lowest BCUT2D eigenvalue weighted by Gasteiger charge is -2.27. The molecule has 10 heteroatoms. The first kappa shape index (κ1) is 23.5. The minimum absolute atomic E-state index is 0.0219. The van der Waals surface area contributed by atoms with Gasteiger partial charge in [-0.05, 0) is 25.0 Å². The Hall–Kier alpha value is -2.74. The number of benzene rings is 2. The van der Waals surface area contributed by atoms with Crippen molar-refractivity contribution in [3.05, 3.63) is 81.9 Å². The van der Waals surface area contributed by atoms with E-state index in [0.717, 1.165) is 5.56 Å². The number of nitrogens with zero attached hydrogens (tertiary/aromatic N) is 1. The topological polar surface area (TPSA) is 117 Å². The number of nitro groups is 1. The average molecular weight is 436 g/mol. The van der Waals surface area contributed by atoms with Crippen LogP contribution in [0.1, 0.15) is 31.0 Å². The molecule has 0 aromatic heterocycles. The fraction of sp³-hybridized carbons (Fsp3) is 0.350. The van der Waals surface area contributed by atoms with Gasteiger partial charge >= 0.3 is 19.5 Å². The number of carbonyl (C=O) groups is 1. The minimum atomic E-state index is -4.21. The van der Waals surface area contributed by atoms with Crippen LogP contribution < -0.4 is 5.32 Å². The number of amides is 1. The molecule has 0 saturated carbocycles. The Morgan fingerprint density at radius 1 is 1.03 bits per heavy atom. The molecule has 2 atom stereocenters. The van der Waals surface area contributed by atoms with Crippen LogP contribution in [0.15, 0.2) is 60.7 Å². The van der Waals surface area contributed by atoms with E-state index in [0.29, 0.717) is 5.56 Å². The highest BCUT2D eigenvalue weighted by Crippen LogP contribution is 2.56. The van der Waals surface area contributed by atoms with Crippen LogP contribution in [-0.2, 0) is 25.0 Å². The van der Waals surface area contributed by atoms with Crippen molar-refractivity contribution in [1.29, 1.82) is 0 Å². The summed E-state index contributed by atoms with van der Waals surface area (Å²) >= 11 is 0. The maximum atomic E-state index is 13.3. The van der Waals surface area contributed by atoms with Crippen molar-refractivity contribution in [3.63, 3.8) is 0 Å². The summed E-state index contributed by atoms with van der Waals surface area (Å²) in [5.41, 5.74) is 1.12. The number of rotatable bonds is 11. The standard InChI is InChI=1S/C20H25N2O7P/c1-3-28-30(26,29-4-2)19(22(24)25)18(17-13-9-6-10-14-17)21-20(23)27-15-16-11-7-5-8-12-16/h5-14,18-19H,3-4,15H2,1-2H3,(H,21,23)/t18-,19+/m0/s1. The zero-order chi connectivity index (χ0) is 22.0. The Kier molecular flexibility index (Phi) is 8.98. The SMILES string of the molecule is CCOP(=O)(OCC)[C@H]([C@@H](NC(=O)OCc1ccccc1)c1ccccc1)[N+](=O)[O-]. The fourth-order valence-electron chi connectivity index (χ4n) is 2.85. The third kappa shape index (κ3) is 6.38. The van der Waals surface area contributed by atoms with Gasteiger partial charge in [0.15, 0.2) is 0 Å². The first-order valence-corrected chi connectivity index (χ1v) is 11.1. The third-order valence-electron chi connectivity index (χ3n) is 4.10. The summed E-state index contributed by atoms with van der Waals surface area (Å²) in [5, 5.41) is 14.4. The zero-order valence-corrected chi connectivity index (χ0v) is 17.7. The Labute approximate surface area is 175 Å². The van der Waals surface area contributed by atoms with E-state index in [4.69, 9.17) is 13.8 Å². The van der Waals surface area contributed by atoms with Gasteiger partial charge in [0, 0.05) is 4.92 Å². The molecule has 9 nitrogen and oxygen atoms in total. The number of carbonyl (C=O) groups excluding carboxylic acids is 1. The number of hydrogen-bond donors (Lipinski definition) is 1. The van der Waals surface area contributed by atoms with Crippen molar-refractivity contribution in [1.82, 2.24) is 5.32 Å². The summed E-state index contributed by atoms with van der Waals surface area (Å²) in [6, 6.07) is 15.9. The minimum Gasteiger partial charge on any atom is -0.445 e. The van der Waals surface area contributed by atoms with Gasteiger partial charge in [0.25, 0.3) is 0 Å². The summed E-state index contributed by atoms with van der Waals surface area (Å²) in [6.45, 7) is 2.98. The molecule has 0 unspecified atom stereocenters. The van der Waals surface area contributed by atoms with Crippen LogP contribution in [-0.4, -0.2) is 30.0 Å². The maximum Gasteiger partial charge on any atom is 0.408 e. The van der Waals surface area contributed by atoms with Gasteiger partial charge < -0.3 is 19.1 Å². The quantitative estimate of drug-likeness (QED) is 0.313. The summed E-state index contributed by atoms with van der Waals surface area (Å²) in [6.07, 6.45) is -0.890. The lowest BCUT2D eigenvalue weighted by Crippen LogP contribution is -2.41. The largest absolute Gasteiger partial charge is 0.445 e. The monoisotopic (exact) mass is 436 g/mol. The normalized spacial score (nSPS) is 13.3. The summed E-state index contributed by atoms with van der Waals surface area (Å²) in [5.74, 6) is -1.86. The molecule has 162 valence electrons. The average Bonchev–Trinajstić information content (AvgIpc) is 2.73. The first-order valence-electron chi connectivity index (χ1n) is 9.45. The molecular formula is C20H25N2O7P. The Morgan fingerprint density at radius 2 is 1.57 bits per heavy atom. The van der Waals surface area contributed by atoms with E-state index in [9.17, 15) is 19.5 Å². The molecule has 1 amide bonds. The second-order valence-corrected chi connectivity index (χ2v) is 8.29. The van der Waals surface area contributed by atoms with Crippen molar-refractivity contribution in [3.8, 4) is 0 Å². The van der Waals surface area contributed by atoms with Crippen LogP contribution in [0.5, 0.6) is 0 Å². The molecule has 0 saturated heterocycles. The molecular weight excluding hydrogens is 411 g/mol. The highest BCUT2D eigenvalue weighted by atomic mass is 31.2. The number of nitrogens with one attached hydrogen (secondary N) is 1. The van der Waals surface area contributed by atoms with Crippen molar-refractivity contribution in [2.45, 2.75) is 32.3 Å². The van der Waals surface area contributed by atoms with Gasteiger partial charge in [0.05, 0.1) is 13.2 Å². The fourth-order valence-corrected chi connectivity index (χ4v) is 4.79. The van der Waals surface area contributed by atoms with Gasteiger partial charge in [0.2, 0.25) is 0 Å². The molecule has 0 aliphatic rings. The Balaban J connectivity index is 2.31.